The third-order valence-electron chi connectivity index (χ3n) is 2.49. The first-order valence-corrected chi connectivity index (χ1v) is 4.60. The average molecular weight is 201 g/mol. The van der Waals surface area contributed by atoms with Gasteiger partial charge in [0.2, 0.25) is 0 Å². The second kappa shape index (κ2) is 2.69. The average Bonchev–Trinajstić information content (AvgIpc) is 2.78. The molecule has 3 heteroatoms. The van der Waals surface area contributed by atoms with Crippen LogP contribution < -0.4 is 0 Å². The van der Waals surface area contributed by atoms with Gasteiger partial charge in [-0.05, 0) is 31.4 Å². The summed E-state index contributed by atoms with van der Waals surface area (Å²) in [7, 11) is 0. The molecule has 1 N–H and O–H groups in total. The number of rotatable bonds is 1. The van der Waals surface area contributed by atoms with Crippen LogP contribution in [-0.2, 0) is 5.60 Å². The predicted octanol–water partition coefficient (Wildman–Crippen LogP) is 2.77. The quantitative estimate of drug-likeness (QED) is 0.739. The second-order valence-corrected chi connectivity index (χ2v) is 3.96. The Morgan fingerprint density at radius 3 is 2.62 bits per heavy atom. The molecule has 2 rings (SSSR count). The Bertz CT molecular complexity index is 358. The smallest absolute Gasteiger partial charge is 0.142 e. The molecule has 1 aliphatic rings. The fourth-order valence-electron chi connectivity index (χ4n) is 1.59. The zero-order valence-electron chi connectivity index (χ0n) is 7.27. The number of benzene rings is 1. The third kappa shape index (κ3) is 1.34. The Morgan fingerprint density at radius 2 is 2.08 bits per heavy atom. The van der Waals surface area contributed by atoms with E-state index in [0.29, 0.717) is 18.4 Å². The normalized spacial score (nSPS) is 18.8. The van der Waals surface area contributed by atoms with E-state index in [0.717, 1.165) is 5.56 Å². The van der Waals surface area contributed by atoms with Gasteiger partial charge < -0.3 is 5.11 Å². The number of aryl methyl sites for hydroxylation is 1. The maximum Gasteiger partial charge on any atom is 0.142 e. The summed E-state index contributed by atoms with van der Waals surface area (Å²) in [6.07, 6.45) is 1.36. The zero-order valence-corrected chi connectivity index (χ0v) is 8.03. The number of hydrogen-bond donors (Lipinski definition) is 1. The van der Waals surface area contributed by atoms with E-state index in [1.807, 2.05) is 6.92 Å². The first-order valence-electron chi connectivity index (χ1n) is 4.22. The van der Waals surface area contributed by atoms with Crippen molar-refractivity contribution >= 4 is 11.6 Å². The van der Waals surface area contributed by atoms with E-state index in [-0.39, 0.29) is 5.02 Å². The van der Waals surface area contributed by atoms with Gasteiger partial charge in [0.05, 0.1) is 10.6 Å². The topological polar surface area (TPSA) is 20.2 Å². The lowest BCUT2D eigenvalue weighted by molar-refractivity contribution is 0.150. The van der Waals surface area contributed by atoms with E-state index in [1.165, 1.54) is 6.07 Å². The van der Waals surface area contributed by atoms with Gasteiger partial charge in [0.25, 0.3) is 0 Å². The molecule has 0 radical (unpaired) electrons. The Kier molecular flexibility index (Phi) is 1.86. The van der Waals surface area contributed by atoms with E-state index in [4.69, 9.17) is 11.6 Å². The van der Waals surface area contributed by atoms with Crippen molar-refractivity contribution in [1.29, 1.82) is 0 Å². The Balaban J connectivity index is 2.61. The molecule has 1 saturated carbocycles. The molecule has 0 unspecified atom stereocenters. The summed E-state index contributed by atoms with van der Waals surface area (Å²) < 4.78 is 13.1. The molecule has 0 aromatic heterocycles. The molecule has 1 aliphatic carbocycles. The summed E-state index contributed by atoms with van der Waals surface area (Å²) in [5.41, 5.74) is 0.559. The molecule has 0 atom stereocenters. The molecule has 70 valence electrons. The van der Waals surface area contributed by atoms with Gasteiger partial charge in [-0.2, -0.15) is 0 Å². The van der Waals surface area contributed by atoms with Crippen molar-refractivity contribution in [3.8, 4) is 0 Å². The zero-order chi connectivity index (χ0) is 9.64. The van der Waals surface area contributed by atoms with Crippen molar-refractivity contribution < 1.29 is 9.50 Å². The largest absolute Gasteiger partial charge is 0.385 e. The SMILES string of the molecule is Cc1ccc(F)c(Cl)c1C1(O)CC1. The summed E-state index contributed by atoms with van der Waals surface area (Å²) in [5.74, 6) is -0.456. The number of hydrogen-bond acceptors (Lipinski definition) is 1. The molecule has 1 nitrogen and oxygen atoms in total. The molecule has 1 aromatic rings. The van der Waals surface area contributed by atoms with Crippen LogP contribution in [0.15, 0.2) is 12.1 Å². The van der Waals surface area contributed by atoms with Gasteiger partial charge in [0.15, 0.2) is 0 Å². The standard InChI is InChI=1S/C10H10ClFO/c1-6-2-3-7(12)9(11)8(6)10(13)4-5-10/h2-3,13H,4-5H2,1H3. The highest BCUT2D eigenvalue weighted by Gasteiger charge is 2.45. The minimum Gasteiger partial charge on any atom is -0.385 e. The molecule has 0 heterocycles. The van der Waals surface area contributed by atoms with Crippen molar-refractivity contribution in [1.82, 2.24) is 0 Å². The van der Waals surface area contributed by atoms with Gasteiger partial charge >= 0.3 is 0 Å². The van der Waals surface area contributed by atoms with Gasteiger partial charge in [-0.1, -0.05) is 17.7 Å². The summed E-state index contributed by atoms with van der Waals surface area (Å²) >= 11 is 5.79. The Morgan fingerprint density at radius 1 is 1.46 bits per heavy atom. The van der Waals surface area contributed by atoms with E-state index >= 15 is 0 Å². The van der Waals surface area contributed by atoms with E-state index in [9.17, 15) is 9.50 Å². The lowest BCUT2D eigenvalue weighted by Gasteiger charge is -2.13. The van der Waals surface area contributed by atoms with Crippen LogP contribution in [0, 0.1) is 12.7 Å². The van der Waals surface area contributed by atoms with E-state index in [1.54, 1.807) is 6.07 Å². The molecule has 0 saturated heterocycles. The molecule has 13 heavy (non-hydrogen) atoms. The maximum absolute atomic E-state index is 13.1. The van der Waals surface area contributed by atoms with Gasteiger partial charge in [0, 0.05) is 5.56 Å². The first-order chi connectivity index (χ1) is 6.04. The van der Waals surface area contributed by atoms with Crippen LogP contribution in [0.4, 0.5) is 4.39 Å². The molecular weight excluding hydrogens is 191 g/mol. The van der Waals surface area contributed by atoms with Crippen LogP contribution in [0.2, 0.25) is 5.02 Å². The number of aliphatic hydroxyl groups is 1. The minimum absolute atomic E-state index is 0.0694. The fraction of sp³-hybridized carbons (Fsp3) is 0.400. The predicted molar refractivity (Wildman–Crippen MR) is 49.3 cm³/mol. The highest BCUT2D eigenvalue weighted by atomic mass is 35.5. The summed E-state index contributed by atoms with van der Waals surface area (Å²) in [4.78, 5) is 0. The first kappa shape index (κ1) is 8.97. The Labute approximate surface area is 81.1 Å². The van der Waals surface area contributed by atoms with Crippen LogP contribution >= 0.6 is 11.6 Å². The van der Waals surface area contributed by atoms with Crippen molar-refractivity contribution in [2.24, 2.45) is 0 Å². The molecule has 0 aliphatic heterocycles. The van der Waals surface area contributed by atoms with Crippen LogP contribution in [0.3, 0.4) is 0 Å². The lowest BCUT2D eigenvalue weighted by Crippen LogP contribution is -2.08. The summed E-state index contributed by atoms with van der Waals surface area (Å²) in [5, 5.41) is 9.90. The minimum atomic E-state index is -0.858. The summed E-state index contributed by atoms with van der Waals surface area (Å²) in [6.45, 7) is 1.83. The van der Waals surface area contributed by atoms with Gasteiger partial charge in [-0.3, -0.25) is 0 Å². The highest BCUT2D eigenvalue weighted by Crippen LogP contribution is 2.49. The molecule has 1 aromatic carbocycles. The van der Waals surface area contributed by atoms with Crippen LogP contribution in [0.5, 0.6) is 0 Å². The van der Waals surface area contributed by atoms with Gasteiger partial charge in [-0.15, -0.1) is 0 Å². The van der Waals surface area contributed by atoms with E-state index in [2.05, 4.69) is 0 Å². The van der Waals surface area contributed by atoms with Crippen LogP contribution in [-0.4, -0.2) is 5.11 Å². The second-order valence-electron chi connectivity index (χ2n) is 3.58. The third-order valence-corrected chi connectivity index (χ3v) is 2.86. The molecule has 0 amide bonds. The van der Waals surface area contributed by atoms with Crippen molar-refractivity contribution in [3.63, 3.8) is 0 Å². The highest BCUT2D eigenvalue weighted by molar-refractivity contribution is 6.31. The molecular formula is C10H10ClFO. The number of halogens is 2. The summed E-state index contributed by atoms with van der Waals surface area (Å²) in [6, 6.07) is 2.97. The van der Waals surface area contributed by atoms with Crippen molar-refractivity contribution in [3.05, 3.63) is 34.1 Å². The molecule has 0 bridgehead atoms. The van der Waals surface area contributed by atoms with Crippen molar-refractivity contribution in [2.45, 2.75) is 25.4 Å². The molecule has 1 fully saturated rings. The van der Waals surface area contributed by atoms with Crippen LogP contribution in [0.1, 0.15) is 24.0 Å². The Hall–Kier alpha value is -0.600. The van der Waals surface area contributed by atoms with E-state index < -0.39 is 11.4 Å². The van der Waals surface area contributed by atoms with Crippen molar-refractivity contribution in [2.75, 3.05) is 0 Å². The maximum atomic E-state index is 13.1. The lowest BCUT2D eigenvalue weighted by atomic mass is 10.0. The molecule has 0 spiro atoms. The monoisotopic (exact) mass is 200 g/mol. The van der Waals surface area contributed by atoms with Crippen LogP contribution in [0.25, 0.3) is 0 Å². The van der Waals surface area contributed by atoms with Gasteiger partial charge in [-0.25, -0.2) is 4.39 Å². The fourth-order valence-corrected chi connectivity index (χ4v) is 1.97. The van der Waals surface area contributed by atoms with Gasteiger partial charge in [0.1, 0.15) is 5.82 Å².